The van der Waals surface area contributed by atoms with Crippen molar-refractivity contribution >= 4 is 40.6 Å². The van der Waals surface area contributed by atoms with Crippen LogP contribution in [0.2, 0.25) is 15.2 Å². The number of rotatable bonds is 2. The Balaban J connectivity index is 2.17. The van der Waals surface area contributed by atoms with Crippen molar-refractivity contribution in [3.63, 3.8) is 0 Å². The van der Waals surface area contributed by atoms with E-state index < -0.39 is 0 Å². The molecular formula is C13H17Cl3N2. The first kappa shape index (κ1) is 14.2. The number of aromatic nitrogens is 1. The van der Waals surface area contributed by atoms with Gasteiger partial charge in [-0.3, -0.25) is 0 Å². The summed E-state index contributed by atoms with van der Waals surface area (Å²) in [5, 5.41) is 1.30. The zero-order valence-corrected chi connectivity index (χ0v) is 12.9. The molecule has 0 amide bonds. The molecule has 0 N–H and O–H groups in total. The topological polar surface area (TPSA) is 16.1 Å². The molecule has 100 valence electrons. The first-order valence-electron chi connectivity index (χ1n) is 6.22. The molecule has 0 aromatic carbocycles. The van der Waals surface area contributed by atoms with Crippen molar-refractivity contribution in [3.05, 3.63) is 21.3 Å². The van der Waals surface area contributed by atoms with Gasteiger partial charge in [0, 0.05) is 13.1 Å². The monoisotopic (exact) mass is 306 g/mol. The van der Waals surface area contributed by atoms with E-state index in [1.165, 1.54) is 6.42 Å². The molecule has 0 aliphatic carbocycles. The lowest BCUT2D eigenvalue weighted by molar-refractivity contribution is 0.238. The van der Waals surface area contributed by atoms with Gasteiger partial charge in [-0.05, 0) is 24.3 Å². The van der Waals surface area contributed by atoms with Gasteiger partial charge in [0.25, 0.3) is 0 Å². The van der Waals surface area contributed by atoms with Crippen LogP contribution in [0.15, 0.2) is 6.07 Å². The van der Waals surface area contributed by atoms with E-state index in [9.17, 15) is 0 Å². The van der Waals surface area contributed by atoms with Crippen LogP contribution in [0.3, 0.4) is 0 Å². The largest absolute Gasteiger partial charge is 0.355 e. The van der Waals surface area contributed by atoms with Crippen LogP contribution in [-0.4, -0.2) is 18.1 Å². The summed E-state index contributed by atoms with van der Waals surface area (Å²) in [4.78, 5) is 6.49. The van der Waals surface area contributed by atoms with E-state index in [0.717, 1.165) is 31.7 Å². The highest BCUT2D eigenvalue weighted by Crippen LogP contribution is 2.38. The minimum atomic E-state index is 0.319. The van der Waals surface area contributed by atoms with Gasteiger partial charge in [0.1, 0.15) is 11.0 Å². The fourth-order valence-corrected chi connectivity index (χ4v) is 2.88. The van der Waals surface area contributed by atoms with E-state index in [1.54, 1.807) is 6.07 Å². The van der Waals surface area contributed by atoms with Crippen molar-refractivity contribution < 1.29 is 0 Å². The molecule has 2 rings (SSSR count). The Kier molecular flexibility index (Phi) is 4.30. The van der Waals surface area contributed by atoms with Crippen molar-refractivity contribution in [2.75, 3.05) is 18.0 Å². The standard InChI is InChI=1S/C13H17Cl3N2/c1-3-13(2)4-6-18(7-5-13)12-10(15)8-9(14)11(16)17-12/h8H,3-7H2,1-2H3. The van der Waals surface area contributed by atoms with Gasteiger partial charge < -0.3 is 4.90 Å². The fourth-order valence-electron chi connectivity index (χ4n) is 2.27. The van der Waals surface area contributed by atoms with Gasteiger partial charge in [-0.15, -0.1) is 0 Å². The molecule has 0 saturated carbocycles. The van der Waals surface area contributed by atoms with E-state index in [4.69, 9.17) is 34.8 Å². The molecule has 0 unspecified atom stereocenters. The Bertz CT molecular complexity index is 440. The van der Waals surface area contributed by atoms with E-state index in [-0.39, 0.29) is 0 Å². The summed E-state index contributed by atoms with van der Waals surface area (Å²) in [6.07, 6.45) is 3.52. The fraction of sp³-hybridized carbons (Fsp3) is 0.615. The van der Waals surface area contributed by atoms with Crippen molar-refractivity contribution in [1.29, 1.82) is 0 Å². The summed E-state index contributed by atoms with van der Waals surface area (Å²) < 4.78 is 0. The average molecular weight is 308 g/mol. The number of halogens is 3. The third-order valence-corrected chi connectivity index (χ3v) is 4.94. The summed E-state index contributed by atoms with van der Waals surface area (Å²) in [6.45, 7) is 6.53. The predicted octanol–water partition coefficient (Wildman–Crippen LogP) is 5.06. The molecule has 5 heteroatoms. The van der Waals surface area contributed by atoms with E-state index in [2.05, 4.69) is 23.7 Å². The summed E-state index contributed by atoms with van der Waals surface area (Å²) in [5.74, 6) is 0.754. The summed E-state index contributed by atoms with van der Waals surface area (Å²) in [5.41, 5.74) is 0.444. The van der Waals surface area contributed by atoms with Crippen LogP contribution in [0, 0.1) is 5.41 Å². The van der Waals surface area contributed by atoms with Gasteiger partial charge >= 0.3 is 0 Å². The van der Waals surface area contributed by atoms with Crippen LogP contribution in [0.25, 0.3) is 0 Å². The maximum absolute atomic E-state index is 6.19. The van der Waals surface area contributed by atoms with E-state index in [1.807, 2.05) is 0 Å². The first-order valence-corrected chi connectivity index (χ1v) is 7.35. The van der Waals surface area contributed by atoms with Gasteiger partial charge in [0.05, 0.1) is 10.0 Å². The minimum Gasteiger partial charge on any atom is -0.355 e. The smallest absolute Gasteiger partial charge is 0.150 e. The van der Waals surface area contributed by atoms with Gasteiger partial charge in [0.15, 0.2) is 0 Å². The summed E-state index contributed by atoms with van der Waals surface area (Å²) in [6, 6.07) is 1.67. The predicted molar refractivity (Wildman–Crippen MR) is 79.1 cm³/mol. The average Bonchev–Trinajstić information content (AvgIpc) is 2.35. The molecule has 0 radical (unpaired) electrons. The second-order valence-corrected chi connectivity index (χ2v) is 6.39. The Morgan fingerprint density at radius 2 is 1.83 bits per heavy atom. The number of pyridine rings is 1. The Hall–Kier alpha value is -0.180. The molecule has 0 bridgehead atoms. The van der Waals surface area contributed by atoms with Gasteiger partial charge in [-0.1, -0.05) is 55.1 Å². The number of hydrogen-bond acceptors (Lipinski definition) is 2. The molecule has 1 aromatic heterocycles. The maximum Gasteiger partial charge on any atom is 0.150 e. The van der Waals surface area contributed by atoms with Crippen molar-refractivity contribution in [3.8, 4) is 0 Å². The van der Waals surface area contributed by atoms with Crippen LogP contribution in [0.1, 0.15) is 33.1 Å². The second kappa shape index (κ2) is 5.44. The van der Waals surface area contributed by atoms with Crippen LogP contribution in [-0.2, 0) is 0 Å². The summed E-state index contributed by atoms with van der Waals surface area (Å²) >= 11 is 18.0. The molecule has 2 nitrogen and oxygen atoms in total. The molecule has 18 heavy (non-hydrogen) atoms. The lowest BCUT2D eigenvalue weighted by Gasteiger charge is -2.39. The van der Waals surface area contributed by atoms with Crippen LogP contribution in [0.5, 0.6) is 0 Å². The highest BCUT2D eigenvalue weighted by atomic mass is 35.5. The summed E-state index contributed by atoms with van der Waals surface area (Å²) in [7, 11) is 0. The molecule has 1 aliphatic rings. The van der Waals surface area contributed by atoms with E-state index >= 15 is 0 Å². The molecule has 2 heterocycles. The van der Waals surface area contributed by atoms with E-state index in [0.29, 0.717) is 20.6 Å². The Labute approximate surface area is 123 Å². The third-order valence-electron chi connectivity index (χ3n) is 3.99. The molecular weight excluding hydrogens is 291 g/mol. The SMILES string of the molecule is CCC1(C)CCN(c2nc(Cl)c(Cl)cc2Cl)CC1. The molecule has 1 aliphatic heterocycles. The van der Waals surface area contributed by atoms with Crippen molar-refractivity contribution in [2.45, 2.75) is 33.1 Å². The van der Waals surface area contributed by atoms with Gasteiger partial charge in [-0.2, -0.15) is 0 Å². The molecule has 1 fully saturated rings. The minimum absolute atomic E-state index is 0.319. The quantitative estimate of drug-likeness (QED) is 0.710. The van der Waals surface area contributed by atoms with Crippen LogP contribution >= 0.6 is 34.8 Å². The highest BCUT2D eigenvalue weighted by Gasteiger charge is 2.29. The van der Waals surface area contributed by atoms with Crippen molar-refractivity contribution in [1.82, 2.24) is 4.98 Å². The normalized spacial score (nSPS) is 19.1. The maximum atomic E-state index is 6.19. The Morgan fingerprint density at radius 1 is 1.22 bits per heavy atom. The van der Waals surface area contributed by atoms with Crippen LogP contribution < -0.4 is 4.90 Å². The third kappa shape index (κ3) is 2.87. The zero-order chi connectivity index (χ0) is 13.3. The van der Waals surface area contributed by atoms with Crippen molar-refractivity contribution in [2.24, 2.45) is 5.41 Å². The molecule has 1 saturated heterocycles. The number of piperidine rings is 1. The number of nitrogens with zero attached hydrogens (tertiary/aromatic N) is 2. The molecule has 1 aromatic rings. The number of anilines is 1. The zero-order valence-electron chi connectivity index (χ0n) is 10.6. The lowest BCUT2D eigenvalue weighted by atomic mass is 9.78. The first-order chi connectivity index (χ1) is 8.45. The highest BCUT2D eigenvalue weighted by molar-refractivity contribution is 6.42. The second-order valence-electron chi connectivity index (χ2n) is 5.22. The van der Waals surface area contributed by atoms with Gasteiger partial charge in [0.2, 0.25) is 0 Å². The Morgan fingerprint density at radius 3 is 2.39 bits per heavy atom. The van der Waals surface area contributed by atoms with Gasteiger partial charge in [-0.25, -0.2) is 4.98 Å². The van der Waals surface area contributed by atoms with Crippen LogP contribution in [0.4, 0.5) is 5.82 Å². The molecule has 0 spiro atoms. The lowest BCUT2D eigenvalue weighted by Crippen LogP contribution is -2.39. The molecule has 0 atom stereocenters. The number of hydrogen-bond donors (Lipinski definition) is 0.